The minimum absolute atomic E-state index is 0.0824. The molecular formula is C28H33FN4O3. The molecule has 8 heteroatoms. The van der Waals surface area contributed by atoms with E-state index < -0.39 is 5.54 Å². The first-order valence-electron chi connectivity index (χ1n) is 12.6. The number of hydrogen-bond acceptors (Lipinski definition) is 4. The summed E-state index contributed by atoms with van der Waals surface area (Å²) in [6, 6.07) is 11.3. The Labute approximate surface area is 211 Å². The van der Waals surface area contributed by atoms with Gasteiger partial charge in [-0.1, -0.05) is 38.1 Å². The summed E-state index contributed by atoms with van der Waals surface area (Å²) in [6.45, 7) is 5.27. The van der Waals surface area contributed by atoms with Gasteiger partial charge in [0.15, 0.2) is 0 Å². The van der Waals surface area contributed by atoms with Crippen molar-refractivity contribution in [2.45, 2.75) is 51.6 Å². The van der Waals surface area contributed by atoms with E-state index in [1.807, 2.05) is 6.07 Å². The normalized spacial score (nSPS) is 21.0. The van der Waals surface area contributed by atoms with E-state index in [9.17, 15) is 18.8 Å². The van der Waals surface area contributed by atoms with Gasteiger partial charge in [-0.2, -0.15) is 0 Å². The van der Waals surface area contributed by atoms with Crippen LogP contribution in [0, 0.1) is 17.7 Å². The van der Waals surface area contributed by atoms with Crippen molar-refractivity contribution in [3.8, 4) is 0 Å². The maximum Gasteiger partial charge on any atom is 0.325 e. The molecule has 4 amide bonds. The topological polar surface area (TPSA) is 82.6 Å². The van der Waals surface area contributed by atoms with Gasteiger partial charge in [0.2, 0.25) is 5.91 Å². The molecule has 0 radical (unpaired) electrons. The Morgan fingerprint density at radius 2 is 1.89 bits per heavy atom. The lowest BCUT2D eigenvalue weighted by molar-refractivity contribution is -0.135. The van der Waals surface area contributed by atoms with Crippen LogP contribution in [0.15, 0.2) is 54.7 Å². The SMILES string of the molecule is CC(C)CC[C@@]1(C2CCN(C(=O)/C=C/c3ccccc3F)CC2)NC(=O)N(Cc2ccccn2)C1=O. The monoisotopic (exact) mass is 492 g/mol. The van der Waals surface area contributed by atoms with Crippen molar-refractivity contribution < 1.29 is 18.8 Å². The Morgan fingerprint density at radius 1 is 1.17 bits per heavy atom. The number of amides is 4. The zero-order valence-corrected chi connectivity index (χ0v) is 20.8. The first-order chi connectivity index (χ1) is 17.3. The number of nitrogens with one attached hydrogen (secondary N) is 1. The van der Waals surface area contributed by atoms with Crippen LogP contribution in [0.4, 0.5) is 9.18 Å². The van der Waals surface area contributed by atoms with Gasteiger partial charge < -0.3 is 10.2 Å². The Hall–Kier alpha value is -3.55. The quantitative estimate of drug-likeness (QED) is 0.437. The number of urea groups is 1. The Morgan fingerprint density at radius 3 is 2.56 bits per heavy atom. The summed E-state index contributed by atoms with van der Waals surface area (Å²) in [5.41, 5.74) is 0.0391. The Balaban J connectivity index is 1.46. The number of hydrogen-bond donors (Lipinski definition) is 1. The van der Waals surface area contributed by atoms with Gasteiger partial charge >= 0.3 is 6.03 Å². The molecule has 2 fully saturated rings. The molecule has 7 nitrogen and oxygen atoms in total. The molecule has 0 spiro atoms. The van der Waals surface area contributed by atoms with E-state index in [1.165, 1.54) is 23.1 Å². The van der Waals surface area contributed by atoms with Gasteiger partial charge in [-0.15, -0.1) is 0 Å². The molecule has 1 atom stereocenters. The predicted octanol–water partition coefficient (Wildman–Crippen LogP) is 4.40. The number of pyridine rings is 1. The molecule has 3 heterocycles. The largest absolute Gasteiger partial charge is 0.339 e. The van der Waals surface area contributed by atoms with Crippen LogP contribution >= 0.6 is 0 Å². The fraction of sp³-hybridized carbons (Fsp3) is 0.429. The highest BCUT2D eigenvalue weighted by molar-refractivity contribution is 6.07. The van der Waals surface area contributed by atoms with Crippen LogP contribution in [0.3, 0.4) is 0 Å². The number of benzene rings is 1. The van der Waals surface area contributed by atoms with Crippen LogP contribution in [0.5, 0.6) is 0 Å². The number of likely N-dealkylation sites (tertiary alicyclic amines) is 1. The minimum atomic E-state index is -0.978. The maximum atomic E-state index is 13.9. The zero-order chi connectivity index (χ0) is 25.7. The van der Waals surface area contributed by atoms with E-state index in [0.717, 1.165) is 6.42 Å². The first-order valence-corrected chi connectivity index (χ1v) is 12.6. The molecule has 1 aromatic carbocycles. The van der Waals surface area contributed by atoms with E-state index in [0.29, 0.717) is 49.5 Å². The third-order valence-corrected chi connectivity index (χ3v) is 7.18. The van der Waals surface area contributed by atoms with Crippen LogP contribution in [-0.4, -0.2) is 51.3 Å². The summed E-state index contributed by atoms with van der Waals surface area (Å²) in [5, 5.41) is 3.06. The number of nitrogens with zero attached hydrogens (tertiary/aromatic N) is 3. The van der Waals surface area contributed by atoms with Gasteiger partial charge in [-0.3, -0.25) is 19.5 Å². The van der Waals surface area contributed by atoms with Gasteiger partial charge in [0.25, 0.3) is 5.91 Å². The van der Waals surface area contributed by atoms with Gasteiger partial charge in [0, 0.05) is 30.9 Å². The number of halogens is 1. The number of piperidine rings is 1. The average Bonchev–Trinajstić information content (AvgIpc) is 3.12. The fourth-order valence-corrected chi connectivity index (χ4v) is 5.08. The van der Waals surface area contributed by atoms with Crippen molar-refractivity contribution in [3.63, 3.8) is 0 Å². The van der Waals surface area contributed by atoms with Crippen LogP contribution in [0.25, 0.3) is 6.08 Å². The highest BCUT2D eigenvalue weighted by atomic mass is 19.1. The van der Waals surface area contributed by atoms with Crippen LogP contribution in [-0.2, 0) is 16.1 Å². The summed E-state index contributed by atoms with van der Waals surface area (Å²) in [7, 11) is 0. The standard InChI is InChI=1S/C28H33FN4O3/c1-20(2)12-15-28(26(35)33(27(36)31-28)19-23-8-5-6-16-30-23)22-13-17-32(18-14-22)25(34)11-10-21-7-3-4-9-24(21)29/h3-11,16,20,22H,12-15,17-19H2,1-2H3,(H,31,36)/b11-10+/t28-/m0/s1. The zero-order valence-electron chi connectivity index (χ0n) is 20.8. The van der Waals surface area contributed by atoms with E-state index in [2.05, 4.69) is 24.1 Å². The molecule has 0 unspecified atom stereocenters. The molecule has 1 N–H and O–H groups in total. The van der Waals surface area contributed by atoms with Crippen molar-refractivity contribution in [1.29, 1.82) is 0 Å². The fourth-order valence-electron chi connectivity index (χ4n) is 5.08. The Bertz CT molecular complexity index is 1130. The van der Waals surface area contributed by atoms with Gasteiger partial charge in [0.1, 0.15) is 11.4 Å². The van der Waals surface area contributed by atoms with Crippen molar-refractivity contribution in [3.05, 3.63) is 71.8 Å². The minimum Gasteiger partial charge on any atom is -0.339 e. The van der Waals surface area contributed by atoms with Crippen molar-refractivity contribution in [1.82, 2.24) is 20.1 Å². The summed E-state index contributed by atoms with van der Waals surface area (Å²) < 4.78 is 13.9. The Kier molecular flexibility index (Phi) is 7.82. The molecule has 0 aliphatic carbocycles. The van der Waals surface area contributed by atoms with E-state index in [4.69, 9.17) is 0 Å². The molecule has 0 bridgehead atoms. The van der Waals surface area contributed by atoms with E-state index in [-0.39, 0.29) is 36.1 Å². The second kappa shape index (κ2) is 11.0. The molecule has 190 valence electrons. The third-order valence-electron chi connectivity index (χ3n) is 7.18. The molecule has 1 aromatic heterocycles. The van der Waals surface area contributed by atoms with E-state index in [1.54, 1.807) is 41.4 Å². The van der Waals surface area contributed by atoms with Crippen molar-refractivity contribution in [2.24, 2.45) is 11.8 Å². The van der Waals surface area contributed by atoms with Gasteiger partial charge in [-0.05, 0) is 61.8 Å². The van der Waals surface area contributed by atoms with Crippen LogP contribution in [0.1, 0.15) is 50.8 Å². The number of carbonyl (C=O) groups excluding carboxylic acids is 3. The molecule has 0 saturated carbocycles. The molecule has 2 saturated heterocycles. The van der Waals surface area contributed by atoms with Gasteiger partial charge in [0.05, 0.1) is 12.2 Å². The number of rotatable bonds is 8. The molecular weight excluding hydrogens is 459 g/mol. The molecule has 2 aromatic rings. The molecule has 2 aliphatic heterocycles. The predicted molar refractivity (Wildman–Crippen MR) is 135 cm³/mol. The van der Waals surface area contributed by atoms with Crippen LogP contribution < -0.4 is 5.32 Å². The summed E-state index contributed by atoms with van der Waals surface area (Å²) in [6.07, 6.45) is 7.08. The summed E-state index contributed by atoms with van der Waals surface area (Å²) in [4.78, 5) is 46.7. The lowest BCUT2D eigenvalue weighted by atomic mass is 9.74. The molecule has 36 heavy (non-hydrogen) atoms. The van der Waals surface area contributed by atoms with Crippen LogP contribution in [0.2, 0.25) is 0 Å². The van der Waals surface area contributed by atoms with Crippen molar-refractivity contribution in [2.75, 3.05) is 13.1 Å². The maximum absolute atomic E-state index is 13.9. The number of carbonyl (C=O) groups is 3. The highest BCUT2D eigenvalue weighted by Gasteiger charge is 2.55. The summed E-state index contributed by atoms with van der Waals surface area (Å²) in [5.74, 6) is -0.477. The van der Waals surface area contributed by atoms with E-state index >= 15 is 0 Å². The molecule has 2 aliphatic rings. The molecule has 4 rings (SSSR count). The third kappa shape index (κ3) is 5.48. The first kappa shape index (κ1) is 25.5. The second-order valence-corrected chi connectivity index (χ2v) is 10.0. The number of aromatic nitrogens is 1. The summed E-state index contributed by atoms with van der Waals surface area (Å²) >= 11 is 0. The lowest BCUT2D eigenvalue weighted by Gasteiger charge is -2.41. The number of imide groups is 1. The van der Waals surface area contributed by atoms with Gasteiger partial charge in [-0.25, -0.2) is 9.18 Å². The average molecular weight is 493 g/mol. The lowest BCUT2D eigenvalue weighted by Crippen LogP contribution is -2.56. The second-order valence-electron chi connectivity index (χ2n) is 10.0. The van der Waals surface area contributed by atoms with Crippen molar-refractivity contribution >= 4 is 23.9 Å². The smallest absolute Gasteiger partial charge is 0.325 e. The highest BCUT2D eigenvalue weighted by Crippen LogP contribution is 2.38.